The van der Waals surface area contributed by atoms with E-state index in [0.29, 0.717) is 6.04 Å². The van der Waals surface area contributed by atoms with E-state index in [1.807, 2.05) is 17.0 Å². The lowest BCUT2D eigenvalue weighted by molar-refractivity contribution is -0.135. The van der Waals surface area contributed by atoms with Crippen LogP contribution in [0.3, 0.4) is 0 Å². The van der Waals surface area contributed by atoms with E-state index in [0.717, 1.165) is 50.9 Å². The van der Waals surface area contributed by atoms with Crippen LogP contribution in [0.5, 0.6) is 5.75 Å². The number of hydrazine groups is 1. The third-order valence-corrected chi connectivity index (χ3v) is 4.62. The van der Waals surface area contributed by atoms with Gasteiger partial charge in [-0.2, -0.15) is 0 Å². The summed E-state index contributed by atoms with van der Waals surface area (Å²) in [5.74, 6) is 1.08. The van der Waals surface area contributed by atoms with E-state index in [4.69, 9.17) is 4.74 Å². The zero-order chi connectivity index (χ0) is 16.1. The van der Waals surface area contributed by atoms with E-state index in [9.17, 15) is 4.79 Å². The van der Waals surface area contributed by atoms with Gasteiger partial charge in [-0.25, -0.2) is 5.43 Å². The predicted molar refractivity (Wildman–Crippen MR) is 87.8 cm³/mol. The Morgan fingerprint density at radius 1 is 1.30 bits per heavy atom. The largest absolute Gasteiger partial charge is 0.490 e. The van der Waals surface area contributed by atoms with Crippen molar-refractivity contribution in [1.82, 2.24) is 20.7 Å². The van der Waals surface area contributed by atoms with Crippen molar-refractivity contribution in [2.45, 2.75) is 57.2 Å². The number of carbonyl (C=O) groups is 1. The molecule has 2 fully saturated rings. The van der Waals surface area contributed by atoms with Crippen molar-refractivity contribution < 1.29 is 9.53 Å². The second-order valence-electron chi connectivity index (χ2n) is 6.39. The lowest BCUT2D eigenvalue weighted by Crippen LogP contribution is -2.49. The molecule has 0 aliphatic carbocycles. The molecule has 3 heterocycles. The van der Waals surface area contributed by atoms with Gasteiger partial charge in [0, 0.05) is 44.4 Å². The molecule has 2 atom stereocenters. The van der Waals surface area contributed by atoms with Crippen LogP contribution >= 0.6 is 0 Å². The SMILES string of the molecule is CCCC1CC(C(=O)N2CCC(Oc3ccncc3)CC2)NN1. The number of pyridine rings is 1. The van der Waals surface area contributed by atoms with Crippen molar-refractivity contribution in [1.29, 1.82) is 0 Å². The van der Waals surface area contributed by atoms with Crippen LogP contribution in [-0.2, 0) is 4.79 Å². The van der Waals surface area contributed by atoms with Crippen molar-refractivity contribution in [2.24, 2.45) is 0 Å². The summed E-state index contributed by atoms with van der Waals surface area (Å²) >= 11 is 0. The number of nitrogens with zero attached hydrogens (tertiary/aromatic N) is 2. The normalized spacial score (nSPS) is 25.5. The number of hydrogen-bond donors (Lipinski definition) is 2. The van der Waals surface area contributed by atoms with Crippen LogP contribution in [0.2, 0.25) is 0 Å². The molecular formula is C17H26N4O2. The zero-order valence-electron chi connectivity index (χ0n) is 13.7. The predicted octanol–water partition coefficient (Wildman–Crippen LogP) is 1.49. The van der Waals surface area contributed by atoms with Crippen molar-refractivity contribution in [3.05, 3.63) is 24.5 Å². The van der Waals surface area contributed by atoms with Gasteiger partial charge in [0.15, 0.2) is 0 Å². The molecular weight excluding hydrogens is 292 g/mol. The maximum atomic E-state index is 12.6. The first-order chi connectivity index (χ1) is 11.3. The number of hydrogen-bond acceptors (Lipinski definition) is 5. The number of rotatable bonds is 5. The summed E-state index contributed by atoms with van der Waals surface area (Å²) in [6.07, 6.45) is 8.55. The van der Waals surface area contributed by atoms with Gasteiger partial charge in [-0.15, -0.1) is 0 Å². The maximum Gasteiger partial charge on any atom is 0.241 e. The molecule has 126 valence electrons. The molecule has 2 unspecified atom stereocenters. The third kappa shape index (κ3) is 4.20. The van der Waals surface area contributed by atoms with Crippen LogP contribution in [0.15, 0.2) is 24.5 Å². The fourth-order valence-corrected chi connectivity index (χ4v) is 3.35. The molecule has 1 aromatic heterocycles. The molecule has 3 rings (SSSR count). The smallest absolute Gasteiger partial charge is 0.241 e. The molecule has 2 N–H and O–H groups in total. The van der Waals surface area contributed by atoms with Crippen molar-refractivity contribution in [3.8, 4) is 5.75 Å². The summed E-state index contributed by atoms with van der Waals surface area (Å²) in [7, 11) is 0. The molecule has 1 aromatic rings. The highest BCUT2D eigenvalue weighted by Crippen LogP contribution is 2.20. The van der Waals surface area contributed by atoms with Crippen LogP contribution in [-0.4, -0.2) is 47.1 Å². The molecule has 1 amide bonds. The molecule has 2 aliphatic heterocycles. The van der Waals surface area contributed by atoms with E-state index in [1.54, 1.807) is 12.4 Å². The summed E-state index contributed by atoms with van der Waals surface area (Å²) in [5.41, 5.74) is 6.40. The minimum Gasteiger partial charge on any atom is -0.490 e. The first kappa shape index (κ1) is 16.2. The summed E-state index contributed by atoms with van der Waals surface area (Å²) in [4.78, 5) is 18.6. The molecule has 0 radical (unpaired) electrons. The summed E-state index contributed by atoms with van der Waals surface area (Å²) in [6.45, 7) is 3.71. The second kappa shape index (κ2) is 7.75. The standard InChI is InChI=1S/C17H26N4O2/c1-2-3-13-12-16(20-19-13)17(22)21-10-6-15(7-11-21)23-14-4-8-18-9-5-14/h4-5,8-9,13,15-16,19-20H,2-3,6-7,10-12H2,1H3. The lowest BCUT2D eigenvalue weighted by Gasteiger charge is -2.33. The van der Waals surface area contributed by atoms with Crippen LogP contribution in [0.1, 0.15) is 39.0 Å². The van der Waals surface area contributed by atoms with Crippen LogP contribution < -0.4 is 15.6 Å². The van der Waals surface area contributed by atoms with Crippen LogP contribution in [0.25, 0.3) is 0 Å². The van der Waals surface area contributed by atoms with Crippen molar-refractivity contribution >= 4 is 5.91 Å². The minimum atomic E-state index is -0.0794. The number of ether oxygens (including phenoxy) is 1. The molecule has 0 spiro atoms. The van der Waals surface area contributed by atoms with Gasteiger partial charge in [0.25, 0.3) is 0 Å². The number of aromatic nitrogens is 1. The summed E-state index contributed by atoms with van der Waals surface area (Å²) < 4.78 is 5.95. The number of nitrogens with one attached hydrogen (secondary N) is 2. The topological polar surface area (TPSA) is 66.5 Å². The Kier molecular flexibility index (Phi) is 5.46. The number of piperidine rings is 1. The van der Waals surface area contributed by atoms with Crippen LogP contribution in [0, 0.1) is 0 Å². The van der Waals surface area contributed by atoms with Gasteiger partial charge in [0.2, 0.25) is 5.91 Å². The number of likely N-dealkylation sites (tertiary alicyclic amines) is 1. The molecule has 6 nitrogen and oxygen atoms in total. The Labute approximate surface area is 137 Å². The highest BCUT2D eigenvalue weighted by molar-refractivity contribution is 5.82. The fraction of sp³-hybridized carbons (Fsp3) is 0.647. The van der Waals surface area contributed by atoms with Gasteiger partial charge < -0.3 is 9.64 Å². The summed E-state index contributed by atoms with van der Waals surface area (Å²) in [5, 5.41) is 0. The second-order valence-corrected chi connectivity index (χ2v) is 6.39. The minimum absolute atomic E-state index is 0.0794. The monoisotopic (exact) mass is 318 g/mol. The van der Waals surface area contributed by atoms with Crippen molar-refractivity contribution in [2.75, 3.05) is 13.1 Å². The number of amides is 1. The molecule has 2 aliphatic rings. The Morgan fingerprint density at radius 2 is 2.04 bits per heavy atom. The van der Waals surface area contributed by atoms with Gasteiger partial charge in [0.05, 0.1) is 0 Å². The van der Waals surface area contributed by atoms with Gasteiger partial charge in [-0.3, -0.25) is 15.2 Å². The quantitative estimate of drug-likeness (QED) is 0.861. The van der Waals surface area contributed by atoms with E-state index >= 15 is 0 Å². The van der Waals surface area contributed by atoms with E-state index in [2.05, 4.69) is 22.8 Å². The van der Waals surface area contributed by atoms with E-state index in [-0.39, 0.29) is 18.1 Å². The lowest BCUT2D eigenvalue weighted by atomic mass is 10.0. The highest BCUT2D eigenvalue weighted by atomic mass is 16.5. The first-order valence-corrected chi connectivity index (χ1v) is 8.62. The van der Waals surface area contributed by atoms with Crippen LogP contribution in [0.4, 0.5) is 0 Å². The average molecular weight is 318 g/mol. The molecule has 6 heteroatoms. The van der Waals surface area contributed by atoms with Gasteiger partial charge in [0.1, 0.15) is 17.9 Å². The molecule has 0 aromatic carbocycles. The average Bonchev–Trinajstić information content (AvgIpc) is 3.05. The number of carbonyl (C=O) groups excluding carboxylic acids is 1. The Balaban J connectivity index is 1.44. The molecule has 2 saturated heterocycles. The highest BCUT2D eigenvalue weighted by Gasteiger charge is 2.33. The third-order valence-electron chi connectivity index (χ3n) is 4.62. The first-order valence-electron chi connectivity index (χ1n) is 8.62. The van der Waals surface area contributed by atoms with Gasteiger partial charge >= 0.3 is 0 Å². The van der Waals surface area contributed by atoms with E-state index < -0.39 is 0 Å². The molecule has 0 bridgehead atoms. The Bertz CT molecular complexity index is 503. The zero-order valence-corrected chi connectivity index (χ0v) is 13.7. The molecule has 23 heavy (non-hydrogen) atoms. The van der Waals surface area contributed by atoms with Gasteiger partial charge in [-0.1, -0.05) is 13.3 Å². The van der Waals surface area contributed by atoms with Crippen molar-refractivity contribution in [3.63, 3.8) is 0 Å². The Hall–Kier alpha value is -1.66. The maximum absolute atomic E-state index is 12.6. The van der Waals surface area contributed by atoms with E-state index in [1.165, 1.54) is 0 Å². The Morgan fingerprint density at radius 3 is 2.74 bits per heavy atom. The molecule has 0 saturated carbocycles. The summed E-state index contributed by atoms with van der Waals surface area (Å²) in [6, 6.07) is 4.09. The fourth-order valence-electron chi connectivity index (χ4n) is 3.35. The van der Waals surface area contributed by atoms with Gasteiger partial charge in [-0.05, 0) is 25.0 Å².